The summed E-state index contributed by atoms with van der Waals surface area (Å²) in [7, 11) is 0. The lowest BCUT2D eigenvalue weighted by Gasteiger charge is -2.59. The van der Waals surface area contributed by atoms with E-state index in [1.165, 1.54) is 44.3 Å². The summed E-state index contributed by atoms with van der Waals surface area (Å²) < 4.78 is 6.16. The van der Waals surface area contributed by atoms with Crippen molar-refractivity contribution in [3.63, 3.8) is 0 Å². The Morgan fingerprint density at radius 1 is 1.19 bits per heavy atom. The zero-order chi connectivity index (χ0) is 14.5. The van der Waals surface area contributed by atoms with Crippen LogP contribution in [-0.4, -0.2) is 16.8 Å². The van der Waals surface area contributed by atoms with E-state index in [0.29, 0.717) is 11.3 Å². The van der Waals surface area contributed by atoms with Gasteiger partial charge >= 0.3 is 0 Å². The molecular weight excluding hydrogens is 260 g/mol. The van der Waals surface area contributed by atoms with Gasteiger partial charge in [-0.15, -0.1) is 0 Å². The molecule has 5 rings (SSSR count). The number of hydrogen-bond acceptors (Lipinski definition) is 2. The van der Waals surface area contributed by atoms with E-state index in [9.17, 15) is 5.11 Å². The van der Waals surface area contributed by atoms with E-state index in [1.807, 2.05) is 0 Å². The van der Waals surface area contributed by atoms with Gasteiger partial charge in [-0.05, 0) is 74.2 Å². The van der Waals surface area contributed by atoms with Gasteiger partial charge in [0.2, 0.25) is 0 Å². The molecule has 0 radical (unpaired) electrons. The number of aliphatic hydroxyl groups is 1. The average Bonchev–Trinajstić information content (AvgIpc) is 3.02. The lowest BCUT2D eigenvalue weighted by atomic mass is 9.45. The lowest BCUT2D eigenvalue weighted by molar-refractivity contribution is -0.160. The molecule has 1 aliphatic heterocycles. The standard InChI is InChI=1S/C19H28O2/c1-17-8-3-5-13(17)12-7-10-19-15(21-19)6-4-9-18(19,2)16(12)14(20)11-17/h6,12-14,16,20H,3-5,7-11H2,1-2H3/t12-,13-,14?,16+,17-,18+,19?/m0/s1. The van der Waals surface area contributed by atoms with Crippen LogP contribution < -0.4 is 0 Å². The van der Waals surface area contributed by atoms with Gasteiger partial charge in [0.05, 0.1) is 6.10 Å². The van der Waals surface area contributed by atoms with Crippen LogP contribution in [0.1, 0.15) is 65.2 Å². The van der Waals surface area contributed by atoms with Gasteiger partial charge < -0.3 is 9.84 Å². The molecule has 1 saturated heterocycles. The van der Waals surface area contributed by atoms with Crippen molar-refractivity contribution in [2.75, 3.05) is 0 Å². The Kier molecular flexibility index (Phi) is 2.28. The molecule has 2 unspecified atom stereocenters. The first kappa shape index (κ1) is 13.0. The van der Waals surface area contributed by atoms with Crippen molar-refractivity contribution in [2.45, 2.75) is 76.9 Å². The number of hydrogen-bond donors (Lipinski definition) is 1. The van der Waals surface area contributed by atoms with Gasteiger partial charge in [-0.3, -0.25) is 0 Å². The number of fused-ring (bicyclic) bond motifs is 4. The fraction of sp³-hybridized carbons (Fsp3) is 0.895. The van der Waals surface area contributed by atoms with Crippen molar-refractivity contribution in [1.29, 1.82) is 0 Å². The van der Waals surface area contributed by atoms with Crippen LogP contribution >= 0.6 is 0 Å². The van der Waals surface area contributed by atoms with Crippen LogP contribution in [0.25, 0.3) is 0 Å². The summed E-state index contributed by atoms with van der Waals surface area (Å²) in [6, 6.07) is 0. The third kappa shape index (κ3) is 1.35. The molecule has 7 atom stereocenters. The molecule has 0 aromatic carbocycles. The van der Waals surface area contributed by atoms with Crippen molar-refractivity contribution < 1.29 is 9.84 Å². The zero-order valence-electron chi connectivity index (χ0n) is 13.4. The number of ether oxygens (including phenoxy) is 1. The summed E-state index contributed by atoms with van der Waals surface area (Å²) in [5.74, 6) is 3.32. The molecule has 0 amide bonds. The van der Waals surface area contributed by atoms with Gasteiger partial charge in [0.15, 0.2) is 5.60 Å². The van der Waals surface area contributed by atoms with E-state index in [0.717, 1.165) is 24.7 Å². The number of aliphatic hydroxyl groups excluding tert-OH is 1. The van der Waals surface area contributed by atoms with Crippen LogP contribution in [0.5, 0.6) is 0 Å². The molecule has 0 bridgehead atoms. The van der Waals surface area contributed by atoms with Gasteiger partial charge in [-0.25, -0.2) is 0 Å². The van der Waals surface area contributed by atoms with E-state index in [1.54, 1.807) is 0 Å². The molecule has 21 heavy (non-hydrogen) atoms. The van der Waals surface area contributed by atoms with E-state index in [-0.39, 0.29) is 17.1 Å². The van der Waals surface area contributed by atoms with Crippen LogP contribution in [0.3, 0.4) is 0 Å². The van der Waals surface area contributed by atoms with Crippen LogP contribution in [-0.2, 0) is 4.74 Å². The Labute approximate surface area is 127 Å². The van der Waals surface area contributed by atoms with Crippen LogP contribution in [0, 0.1) is 28.6 Å². The van der Waals surface area contributed by atoms with E-state index < -0.39 is 0 Å². The Balaban J connectivity index is 1.58. The highest BCUT2D eigenvalue weighted by molar-refractivity contribution is 5.36. The first-order chi connectivity index (χ1) is 10.0. The van der Waals surface area contributed by atoms with Crippen molar-refractivity contribution in [2.24, 2.45) is 28.6 Å². The summed E-state index contributed by atoms with van der Waals surface area (Å²) in [5, 5.41) is 11.1. The van der Waals surface area contributed by atoms with Crippen LogP contribution in [0.15, 0.2) is 11.8 Å². The van der Waals surface area contributed by atoms with E-state index in [2.05, 4.69) is 19.9 Å². The monoisotopic (exact) mass is 288 g/mol. The minimum atomic E-state index is -0.111. The van der Waals surface area contributed by atoms with Gasteiger partial charge in [0, 0.05) is 5.41 Å². The predicted octanol–water partition coefficient (Wildman–Crippen LogP) is 4.04. The topological polar surface area (TPSA) is 32.8 Å². The Bertz CT molecular complexity index is 526. The second kappa shape index (κ2) is 3.69. The third-order valence-corrected chi connectivity index (χ3v) is 8.35. The Hall–Kier alpha value is -0.500. The quantitative estimate of drug-likeness (QED) is 0.682. The van der Waals surface area contributed by atoms with E-state index in [4.69, 9.17) is 4.74 Å². The zero-order valence-corrected chi connectivity index (χ0v) is 13.4. The molecule has 4 aliphatic carbocycles. The number of epoxide rings is 1. The van der Waals surface area contributed by atoms with Crippen molar-refractivity contribution >= 4 is 0 Å². The fourth-order valence-electron chi connectivity index (χ4n) is 7.40. The molecule has 1 spiro atoms. The molecule has 1 N–H and O–H groups in total. The molecule has 2 nitrogen and oxygen atoms in total. The molecule has 2 heteroatoms. The van der Waals surface area contributed by atoms with Gasteiger partial charge in [-0.2, -0.15) is 0 Å². The predicted molar refractivity (Wildman–Crippen MR) is 81.5 cm³/mol. The van der Waals surface area contributed by atoms with E-state index >= 15 is 0 Å². The molecule has 4 fully saturated rings. The average molecular weight is 288 g/mol. The molecule has 3 saturated carbocycles. The summed E-state index contributed by atoms with van der Waals surface area (Å²) in [5.41, 5.74) is 0.627. The summed E-state index contributed by atoms with van der Waals surface area (Å²) in [6.45, 7) is 4.89. The second-order valence-corrected chi connectivity index (χ2v) is 9.11. The highest BCUT2D eigenvalue weighted by atomic mass is 16.6. The molecule has 116 valence electrons. The molecule has 0 aromatic rings. The maximum Gasteiger partial charge on any atom is 0.171 e. The van der Waals surface area contributed by atoms with Crippen molar-refractivity contribution in [3.8, 4) is 0 Å². The van der Waals surface area contributed by atoms with Crippen molar-refractivity contribution in [1.82, 2.24) is 0 Å². The third-order valence-electron chi connectivity index (χ3n) is 8.35. The number of allylic oxidation sites excluding steroid dienone is 1. The maximum atomic E-state index is 11.1. The molecule has 5 aliphatic rings. The molecular formula is C19H28O2. The first-order valence-corrected chi connectivity index (χ1v) is 9.08. The van der Waals surface area contributed by atoms with Crippen molar-refractivity contribution in [3.05, 3.63) is 11.8 Å². The van der Waals surface area contributed by atoms with Crippen LogP contribution in [0.4, 0.5) is 0 Å². The fourth-order valence-corrected chi connectivity index (χ4v) is 7.40. The summed E-state index contributed by atoms with van der Waals surface area (Å²) in [6.07, 6.45) is 12.2. The summed E-state index contributed by atoms with van der Waals surface area (Å²) in [4.78, 5) is 0. The van der Waals surface area contributed by atoms with Gasteiger partial charge in [0.1, 0.15) is 5.76 Å². The Morgan fingerprint density at radius 2 is 2.05 bits per heavy atom. The molecule has 1 heterocycles. The van der Waals surface area contributed by atoms with Gasteiger partial charge in [0.25, 0.3) is 0 Å². The normalized spacial score (nSPS) is 60.8. The number of rotatable bonds is 0. The smallest absolute Gasteiger partial charge is 0.171 e. The minimum Gasteiger partial charge on any atom is -0.479 e. The minimum absolute atomic E-state index is 0.0275. The summed E-state index contributed by atoms with van der Waals surface area (Å²) >= 11 is 0. The highest BCUT2D eigenvalue weighted by Crippen LogP contribution is 2.72. The Morgan fingerprint density at radius 3 is 2.90 bits per heavy atom. The molecule has 0 aromatic heterocycles. The highest BCUT2D eigenvalue weighted by Gasteiger charge is 2.73. The lowest BCUT2D eigenvalue weighted by Crippen LogP contribution is -2.60. The van der Waals surface area contributed by atoms with Gasteiger partial charge in [-0.1, -0.05) is 20.3 Å². The second-order valence-electron chi connectivity index (χ2n) is 9.11. The first-order valence-electron chi connectivity index (χ1n) is 9.08. The largest absolute Gasteiger partial charge is 0.479 e. The SMILES string of the molecule is C[C@@]12CCC[C@H]1[C@@H]1CCC34OC3=CCC[C@]4(C)[C@H]1C(O)C2. The van der Waals surface area contributed by atoms with Crippen LogP contribution in [0.2, 0.25) is 0 Å². The maximum absolute atomic E-state index is 11.1.